The summed E-state index contributed by atoms with van der Waals surface area (Å²) >= 11 is 1.86. The summed E-state index contributed by atoms with van der Waals surface area (Å²) < 4.78 is 5.02. The van der Waals surface area contributed by atoms with E-state index < -0.39 is 0 Å². The number of thiophene rings is 1. The van der Waals surface area contributed by atoms with Gasteiger partial charge in [0, 0.05) is 75.6 Å². The molecule has 0 amide bonds. The Morgan fingerprint density at radius 1 is 0.400 bits per heavy atom. The molecule has 0 fully saturated rings. The van der Waals surface area contributed by atoms with Gasteiger partial charge < -0.3 is 9.47 Å². The average Bonchev–Trinajstić information content (AvgIpc) is 4.03. The fourth-order valence-electron chi connectivity index (χ4n) is 11.2. The zero-order valence-electron chi connectivity index (χ0n) is 38.6. The number of hydrogen-bond donors (Lipinski definition) is 0. The molecule has 0 unspecified atom stereocenters. The average molecular weight is 913 g/mol. The number of benzene rings is 10. The van der Waals surface area contributed by atoms with Gasteiger partial charge in [-0.15, -0.1) is 11.3 Å². The lowest BCUT2D eigenvalue weighted by atomic mass is 9.82. The van der Waals surface area contributed by atoms with Crippen LogP contribution in [0.2, 0.25) is 0 Å². The predicted molar refractivity (Wildman–Crippen MR) is 295 cm³/mol. The first-order valence-corrected chi connectivity index (χ1v) is 24.8. The summed E-state index contributed by atoms with van der Waals surface area (Å²) in [4.78, 5) is 12.7. The Bertz CT molecular complexity index is 4240. The van der Waals surface area contributed by atoms with Crippen LogP contribution in [0.1, 0.15) is 25.0 Å². The largest absolute Gasteiger partial charge is 0.310 e. The maximum atomic E-state index is 5.20. The van der Waals surface area contributed by atoms with Crippen molar-refractivity contribution in [3.05, 3.63) is 242 Å². The van der Waals surface area contributed by atoms with Gasteiger partial charge in [0.2, 0.25) is 0 Å². The maximum Gasteiger partial charge on any atom is 0.160 e. The zero-order valence-corrected chi connectivity index (χ0v) is 39.5. The van der Waals surface area contributed by atoms with Gasteiger partial charge in [0.1, 0.15) is 0 Å². The van der Waals surface area contributed by atoms with Gasteiger partial charge in [-0.2, -0.15) is 0 Å². The van der Waals surface area contributed by atoms with E-state index in [1.807, 2.05) is 23.5 Å². The first-order chi connectivity index (χ1) is 34.4. The van der Waals surface area contributed by atoms with Crippen LogP contribution in [-0.2, 0) is 5.41 Å². The van der Waals surface area contributed by atoms with Gasteiger partial charge in [-0.3, -0.25) is 0 Å². The molecule has 0 N–H and O–H groups in total. The van der Waals surface area contributed by atoms with Crippen molar-refractivity contribution >= 4 is 81.3 Å². The van der Waals surface area contributed by atoms with E-state index in [0.717, 1.165) is 72.6 Å². The van der Waals surface area contributed by atoms with E-state index in [4.69, 9.17) is 9.97 Å². The third kappa shape index (κ3) is 6.36. The van der Waals surface area contributed by atoms with Crippen LogP contribution >= 0.6 is 11.3 Å². The Labute approximate surface area is 410 Å². The van der Waals surface area contributed by atoms with Gasteiger partial charge in [0.25, 0.3) is 0 Å². The summed E-state index contributed by atoms with van der Waals surface area (Å²) in [6, 6.07) is 83.9. The van der Waals surface area contributed by atoms with Crippen molar-refractivity contribution in [3.8, 4) is 50.6 Å². The number of nitrogens with zero attached hydrogens (tertiary/aromatic N) is 4. The van der Waals surface area contributed by atoms with Crippen molar-refractivity contribution in [1.82, 2.24) is 14.5 Å². The van der Waals surface area contributed by atoms with E-state index in [9.17, 15) is 0 Å². The molecule has 14 rings (SSSR count). The lowest BCUT2D eigenvalue weighted by Crippen LogP contribution is -2.15. The third-order valence-electron chi connectivity index (χ3n) is 14.6. The second-order valence-corrected chi connectivity index (χ2v) is 20.1. The molecule has 13 aromatic rings. The van der Waals surface area contributed by atoms with Crippen molar-refractivity contribution in [3.63, 3.8) is 0 Å². The molecular weight excluding hydrogens is 869 g/mol. The van der Waals surface area contributed by atoms with Gasteiger partial charge in [0.15, 0.2) is 5.82 Å². The number of anilines is 3. The van der Waals surface area contributed by atoms with Crippen LogP contribution in [0.5, 0.6) is 0 Å². The molecule has 0 radical (unpaired) electrons. The van der Waals surface area contributed by atoms with E-state index >= 15 is 0 Å². The van der Waals surface area contributed by atoms with Crippen LogP contribution in [0.15, 0.2) is 231 Å². The summed E-state index contributed by atoms with van der Waals surface area (Å²) in [6.07, 6.45) is 0. The number of para-hydroxylation sites is 2. The Morgan fingerprint density at radius 2 is 1.06 bits per heavy atom. The Kier molecular flexibility index (Phi) is 9.07. The van der Waals surface area contributed by atoms with Gasteiger partial charge in [0.05, 0.1) is 22.2 Å². The molecule has 330 valence electrons. The van der Waals surface area contributed by atoms with Crippen molar-refractivity contribution in [1.29, 1.82) is 0 Å². The molecule has 0 saturated heterocycles. The predicted octanol–water partition coefficient (Wildman–Crippen LogP) is 17.9. The maximum absolute atomic E-state index is 5.20. The summed E-state index contributed by atoms with van der Waals surface area (Å²) in [5, 5.41) is 6.01. The summed E-state index contributed by atoms with van der Waals surface area (Å²) in [5.74, 6) is 0.711. The van der Waals surface area contributed by atoms with Crippen LogP contribution in [-0.4, -0.2) is 14.5 Å². The highest BCUT2D eigenvalue weighted by Crippen LogP contribution is 2.51. The fraction of sp³-hybridized carbons (Fsp3) is 0.0462. The van der Waals surface area contributed by atoms with Gasteiger partial charge >= 0.3 is 0 Å². The Morgan fingerprint density at radius 3 is 1.97 bits per heavy atom. The highest BCUT2D eigenvalue weighted by Gasteiger charge is 2.35. The van der Waals surface area contributed by atoms with Gasteiger partial charge in [-0.1, -0.05) is 159 Å². The van der Waals surface area contributed by atoms with Crippen LogP contribution in [0, 0.1) is 0 Å². The van der Waals surface area contributed by atoms with Crippen LogP contribution in [0.4, 0.5) is 17.1 Å². The van der Waals surface area contributed by atoms with Gasteiger partial charge in [-0.05, 0) is 118 Å². The molecule has 10 aromatic carbocycles. The minimum Gasteiger partial charge on any atom is -0.310 e. The first kappa shape index (κ1) is 40.4. The monoisotopic (exact) mass is 912 g/mol. The topological polar surface area (TPSA) is 34.0 Å². The van der Waals surface area contributed by atoms with Crippen molar-refractivity contribution < 1.29 is 0 Å². The normalized spacial score (nSPS) is 12.8. The SMILES string of the molecule is CC1(C)c2ccccc2-c2cc(N(c3cccc(-n4c5ccccc5c5cc(-c6cccc(-c7nc(-c8ccccc8)c8ccccc8n7)c6)ccc54)c3)c3ccc4sc5ccccc5c4c3)ccc21. The molecule has 3 heterocycles. The lowest BCUT2D eigenvalue weighted by Gasteiger charge is -2.28. The minimum absolute atomic E-state index is 0.0822. The van der Waals surface area contributed by atoms with Gasteiger partial charge in [-0.25, -0.2) is 9.97 Å². The van der Waals surface area contributed by atoms with E-state index in [-0.39, 0.29) is 5.41 Å². The summed E-state index contributed by atoms with van der Waals surface area (Å²) in [6.45, 7) is 4.70. The summed E-state index contributed by atoms with van der Waals surface area (Å²) in [7, 11) is 0. The molecule has 3 aromatic heterocycles. The van der Waals surface area contributed by atoms with Crippen molar-refractivity contribution in [2.24, 2.45) is 0 Å². The highest BCUT2D eigenvalue weighted by atomic mass is 32.1. The summed E-state index contributed by atoms with van der Waals surface area (Å²) in [5.41, 5.74) is 18.2. The van der Waals surface area contributed by atoms with E-state index in [2.05, 4.69) is 242 Å². The molecule has 0 spiro atoms. The van der Waals surface area contributed by atoms with Crippen molar-refractivity contribution in [2.45, 2.75) is 19.3 Å². The second kappa shape index (κ2) is 15.7. The number of rotatable bonds is 7. The van der Waals surface area contributed by atoms with E-state index in [0.29, 0.717) is 5.82 Å². The molecule has 70 heavy (non-hydrogen) atoms. The highest BCUT2D eigenvalue weighted by molar-refractivity contribution is 7.25. The molecule has 4 nitrogen and oxygen atoms in total. The smallest absolute Gasteiger partial charge is 0.160 e. The molecule has 0 aliphatic heterocycles. The zero-order chi connectivity index (χ0) is 46.5. The standard InChI is InChI=1S/C65H44N4S/c1-65(2)56-26-10-6-22-49(56)53-39-47(31-33-57(53)65)68(48-32-35-62-55(40-48)51-24-9-13-29-61(51)70-62)45-20-15-21-46(38-45)69-59-28-12-8-23-50(59)54-37-43(30-34-60(54)69)42-18-14-19-44(36-42)64-66-58-27-11-7-25-52(58)63(67-64)41-16-4-3-5-17-41/h3-40H,1-2H3. The lowest BCUT2D eigenvalue weighted by molar-refractivity contribution is 0.660. The van der Waals surface area contributed by atoms with Crippen LogP contribution < -0.4 is 4.90 Å². The molecule has 0 bridgehead atoms. The van der Waals surface area contributed by atoms with Crippen molar-refractivity contribution in [2.75, 3.05) is 4.90 Å². The first-order valence-electron chi connectivity index (χ1n) is 24.0. The Balaban J connectivity index is 0.901. The fourth-order valence-corrected chi connectivity index (χ4v) is 12.3. The number of hydrogen-bond acceptors (Lipinski definition) is 4. The van der Waals surface area contributed by atoms with Crippen LogP contribution in [0.25, 0.3) is 103 Å². The Hall–Kier alpha value is -8.64. The van der Waals surface area contributed by atoms with Crippen LogP contribution in [0.3, 0.4) is 0 Å². The second-order valence-electron chi connectivity index (χ2n) is 19.0. The quantitative estimate of drug-likeness (QED) is 0.160. The van der Waals surface area contributed by atoms with E-state index in [1.165, 1.54) is 53.2 Å². The molecule has 0 saturated carbocycles. The molecule has 1 aliphatic carbocycles. The number of fused-ring (bicyclic) bond motifs is 10. The van der Waals surface area contributed by atoms with E-state index in [1.54, 1.807) is 0 Å². The molecular formula is C65H44N4S. The molecule has 1 aliphatic rings. The molecule has 5 heteroatoms. The minimum atomic E-state index is -0.0822. The third-order valence-corrected chi connectivity index (χ3v) is 15.7. The number of aromatic nitrogens is 3. The molecule has 0 atom stereocenters.